The number of hydrogen-bond donors (Lipinski definition) is 1. The molecule has 2 fully saturated rings. The average Bonchev–Trinajstić information content (AvgIpc) is 3.22. The number of para-hydroxylation sites is 1. The van der Waals surface area contributed by atoms with Crippen LogP contribution in [-0.4, -0.2) is 66.3 Å². The second kappa shape index (κ2) is 11.2. The number of nitrogens with zero attached hydrogens (tertiary/aromatic N) is 3. The van der Waals surface area contributed by atoms with E-state index in [1.807, 2.05) is 42.5 Å². The fraction of sp³-hybridized carbons (Fsp3) is 0.483. The second-order valence-corrected chi connectivity index (χ2v) is 10.2. The molecular weight excluding hydrogens is 452 g/mol. The second-order valence-electron chi connectivity index (χ2n) is 10.2. The largest absolute Gasteiger partial charge is 0.352 e. The van der Waals surface area contributed by atoms with Crippen LogP contribution in [-0.2, 0) is 11.3 Å². The maximum absolute atomic E-state index is 13.5. The number of fused-ring (bicyclic) bond motifs is 2. The topological polar surface area (TPSA) is 73.0 Å². The number of rotatable bonds is 7. The summed E-state index contributed by atoms with van der Waals surface area (Å²) >= 11 is 0. The molecule has 0 bridgehead atoms. The quantitative estimate of drug-likeness (QED) is 0.601. The standard InChI is InChI=1S/C29H36N4O3/c34-27(30-15-9-18-31-16-5-1-2-6-17-31)23-11-7-10-22(20-23)21-33-25-13-4-3-12-24(25)28(35)32-19-8-14-26(32)29(33)36/h3-4,7,10-13,20,26H,1-2,5-6,8-9,14-19,21H2,(H,30,34)/t26-/m0/s1. The predicted octanol–water partition coefficient (Wildman–Crippen LogP) is 3.83. The normalized spacial score (nSPS) is 20.5. The molecule has 0 aliphatic carbocycles. The lowest BCUT2D eigenvalue weighted by molar-refractivity contribution is -0.122. The molecule has 1 atom stereocenters. The van der Waals surface area contributed by atoms with Gasteiger partial charge in [0.25, 0.3) is 11.8 Å². The number of hydrogen-bond acceptors (Lipinski definition) is 4. The van der Waals surface area contributed by atoms with Crippen LogP contribution < -0.4 is 10.2 Å². The van der Waals surface area contributed by atoms with Crippen molar-refractivity contribution in [3.8, 4) is 0 Å². The lowest BCUT2D eigenvalue weighted by Gasteiger charge is -2.26. The molecule has 0 spiro atoms. The van der Waals surface area contributed by atoms with Crippen LogP contribution in [0.1, 0.15) is 71.2 Å². The van der Waals surface area contributed by atoms with Crippen LogP contribution in [0, 0.1) is 0 Å². The fourth-order valence-electron chi connectivity index (χ4n) is 5.73. The molecule has 0 unspecified atom stereocenters. The van der Waals surface area contributed by atoms with Crippen molar-refractivity contribution < 1.29 is 14.4 Å². The van der Waals surface area contributed by atoms with Crippen LogP contribution in [0.25, 0.3) is 0 Å². The Morgan fingerprint density at radius 3 is 2.56 bits per heavy atom. The van der Waals surface area contributed by atoms with Gasteiger partial charge in [0, 0.05) is 18.7 Å². The Morgan fingerprint density at radius 1 is 0.917 bits per heavy atom. The molecule has 3 heterocycles. The number of carbonyl (C=O) groups is 3. The van der Waals surface area contributed by atoms with Gasteiger partial charge in [0.05, 0.1) is 17.8 Å². The first kappa shape index (κ1) is 24.5. The lowest BCUT2D eigenvalue weighted by Crippen LogP contribution is -2.44. The van der Waals surface area contributed by atoms with Crippen LogP contribution in [0.2, 0.25) is 0 Å². The highest BCUT2D eigenvalue weighted by Gasteiger charge is 2.41. The molecule has 190 valence electrons. The minimum absolute atomic E-state index is 0.0471. The molecule has 5 rings (SSSR count). The fourth-order valence-corrected chi connectivity index (χ4v) is 5.73. The zero-order chi connectivity index (χ0) is 24.9. The SMILES string of the molecule is O=C(NCCCN1CCCCCC1)c1cccc(CN2C(=O)[C@@H]3CCCN3C(=O)c3ccccc32)c1. The Hall–Kier alpha value is -3.19. The van der Waals surface area contributed by atoms with E-state index in [-0.39, 0.29) is 17.7 Å². The number of amides is 3. The molecule has 3 aliphatic heterocycles. The Kier molecular flexibility index (Phi) is 7.66. The van der Waals surface area contributed by atoms with E-state index in [1.165, 1.54) is 38.8 Å². The summed E-state index contributed by atoms with van der Waals surface area (Å²) < 4.78 is 0. The first-order valence-corrected chi connectivity index (χ1v) is 13.4. The summed E-state index contributed by atoms with van der Waals surface area (Å²) in [6.07, 6.45) is 7.67. The van der Waals surface area contributed by atoms with Gasteiger partial charge in [0.1, 0.15) is 6.04 Å². The van der Waals surface area contributed by atoms with Crippen molar-refractivity contribution in [1.29, 1.82) is 0 Å². The van der Waals surface area contributed by atoms with Gasteiger partial charge in [-0.2, -0.15) is 0 Å². The number of nitrogens with one attached hydrogen (secondary N) is 1. The van der Waals surface area contributed by atoms with Gasteiger partial charge < -0.3 is 20.0 Å². The van der Waals surface area contributed by atoms with Crippen molar-refractivity contribution in [3.63, 3.8) is 0 Å². The van der Waals surface area contributed by atoms with E-state index in [0.717, 1.165) is 24.9 Å². The van der Waals surface area contributed by atoms with Gasteiger partial charge in [0.2, 0.25) is 5.91 Å². The highest BCUT2D eigenvalue weighted by molar-refractivity contribution is 6.11. The Bertz CT molecular complexity index is 1110. The molecule has 7 nitrogen and oxygen atoms in total. The van der Waals surface area contributed by atoms with Gasteiger partial charge >= 0.3 is 0 Å². The molecule has 0 radical (unpaired) electrons. The van der Waals surface area contributed by atoms with Gasteiger partial charge in [-0.25, -0.2) is 0 Å². The molecule has 36 heavy (non-hydrogen) atoms. The highest BCUT2D eigenvalue weighted by atomic mass is 16.2. The number of anilines is 1. The zero-order valence-electron chi connectivity index (χ0n) is 21.0. The van der Waals surface area contributed by atoms with E-state index in [2.05, 4.69) is 10.2 Å². The summed E-state index contributed by atoms with van der Waals surface area (Å²) in [4.78, 5) is 45.5. The van der Waals surface area contributed by atoms with Crippen molar-refractivity contribution in [2.24, 2.45) is 0 Å². The minimum atomic E-state index is -0.416. The summed E-state index contributed by atoms with van der Waals surface area (Å²) in [6, 6.07) is 14.4. The van der Waals surface area contributed by atoms with Crippen molar-refractivity contribution >= 4 is 23.4 Å². The Morgan fingerprint density at radius 2 is 1.72 bits per heavy atom. The van der Waals surface area contributed by atoms with Crippen molar-refractivity contribution in [3.05, 3.63) is 65.2 Å². The molecule has 7 heteroatoms. The molecule has 3 aliphatic rings. The Balaban J connectivity index is 1.25. The monoisotopic (exact) mass is 488 g/mol. The van der Waals surface area contributed by atoms with Gasteiger partial charge in [-0.15, -0.1) is 0 Å². The summed E-state index contributed by atoms with van der Waals surface area (Å²) in [7, 11) is 0. The van der Waals surface area contributed by atoms with E-state index in [4.69, 9.17) is 0 Å². The molecule has 2 aromatic carbocycles. The molecule has 1 N–H and O–H groups in total. The van der Waals surface area contributed by atoms with Crippen LogP contribution in [0.3, 0.4) is 0 Å². The highest BCUT2D eigenvalue weighted by Crippen LogP contribution is 2.33. The van der Waals surface area contributed by atoms with Crippen molar-refractivity contribution in [2.75, 3.05) is 37.6 Å². The minimum Gasteiger partial charge on any atom is -0.352 e. The smallest absolute Gasteiger partial charge is 0.256 e. The molecular formula is C29H36N4O3. The average molecular weight is 489 g/mol. The molecule has 0 aromatic heterocycles. The van der Waals surface area contributed by atoms with E-state index in [1.54, 1.807) is 15.9 Å². The van der Waals surface area contributed by atoms with E-state index in [0.29, 0.717) is 42.9 Å². The zero-order valence-corrected chi connectivity index (χ0v) is 21.0. The maximum atomic E-state index is 13.5. The van der Waals surface area contributed by atoms with E-state index >= 15 is 0 Å². The van der Waals surface area contributed by atoms with E-state index in [9.17, 15) is 14.4 Å². The number of benzene rings is 2. The third-order valence-electron chi connectivity index (χ3n) is 7.66. The summed E-state index contributed by atoms with van der Waals surface area (Å²) in [6.45, 7) is 4.94. The molecule has 2 saturated heterocycles. The summed E-state index contributed by atoms with van der Waals surface area (Å²) in [5, 5.41) is 3.06. The summed E-state index contributed by atoms with van der Waals surface area (Å²) in [5.74, 6) is -0.209. The molecule has 3 amide bonds. The molecule has 2 aromatic rings. The first-order chi connectivity index (χ1) is 17.6. The van der Waals surface area contributed by atoms with Gasteiger partial charge in [-0.05, 0) is 81.6 Å². The third kappa shape index (κ3) is 5.31. The van der Waals surface area contributed by atoms with E-state index < -0.39 is 6.04 Å². The van der Waals surface area contributed by atoms with Crippen molar-refractivity contribution in [1.82, 2.24) is 15.1 Å². The third-order valence-corrected chi connectivity index (χ3v) is 7.66. The van der Waals surface area contributed by atoms with Crippen LogP contribution >= 0.6 is 0 Å². The van der Waals surface area contributed by atoms with Gasteiger partial charge in [-0.1, -0.05) is 37.1 Å². The number of likely N-dealkylation sites (tertiary alicyclic amines) is 1. The molecule has 0 saturated carbocycles. The van der Waals surface area contributed by atoms with Crippen molar-refractivity contribution in [2.45, 2.75) is 57.5 Å². The first-order valence-electron chi connectivity index (χ1n) is 13.4. The predicted molar refractivity (Wildman–Crippen MR) is 140 cm³/mol. The van der Waals surface area contributed by atoms with Crippen LogP contribution in [0.4, 0.5) is 5.69 Å². The Labute approximate surface area is 213 Å². The van der Waals surface area contributed by atoms with Gasteiger partial charge in [-0.3, -0.25) is 14.4 Å². The van der Waals surface area contributed by atoms with Crippen LogP contribution in [0.15, 0.2) is 48.5 Å². The van der Waals surface area contributed by atoms with Crippen LogP contribution in [0.5, 0.6) is 0 Å². The van der Waals surface area contributed by atoms with Gasteiger partial charge in [0.15, 0.2) is 0 Å². The lowest BCUT2D eigenvalue weighted by atomic mass is 10.1. The maximum Gasteiger partial charge on any atom is 0.256 e. The number of carbonyl (C=O) groups excluding carboxylic acids is 3. The summed E-state index contributed by atoms with van der Waals surface area (Å²) in [5.41, 5.74) is 2.67.